The molecule has 31 heavy (non-hydrogen) atoms. The van der Waals surface area contributed by atoms with Gasteiger partial charge in [-0.3, -0.25) is 0 Å². The van der Waals surface area contributed by atoms with Gasteiger partial charge >= 0.3 is 17.1 Å². The van der Waals surface area contributed by atoms with Crippen molar-refractivity contribution in [2.24, 2.45) is 20.6 Å². The smallest absolute Gasteiger partial charge is 0.389 e. The van der Waals surface area contributed by atoms with E-state index in [0.717, 1.165) is 0 Å². The zero-order valence-corrected chi connectivity index (χ0v) is 19.0. The Labute approximate surface area is 191 Å². The van der Waals surface area contributed by atoms with Gasteiger partial charge in [-0.25, -0.2) is 37.3 Å². The van der Waals surface area contributed by atoms with Crippen molar-refractivity contribution in [3.05, 3.63) is 0 Å². The average molecular weight is 547 g/mol. The molecule has 1 radical (unpaired) electrons. The van der Waals surface area contributed by atoms with E-state index in [1.807, 2.05) is 0 Å². The minimum Gasteiger partial charge on any atom is -0.389 e. The van der Waals surface area contributed by atoms with Crippen LogP contribution in [0.25, 0.3) is 0 Å². The fraction of sp³-hybridized carbons (Fsp3) is 0.667. The summed E-state index contributed by atoms with van der Waals surface area (Å²) in [4.78, 5) is 20.4. The summed E-state index contributed by atoms with van der Waals surface area (Å²) in [5.41, 5.74) is 2.66. The first-order chi connectivity index (χ1) is 13.6. The first kappa shape index (κ1) is 34.3. The van der Waals surface area contributed by atoms with Crippen molar-refractivity contribution < 1.29 is 94.2 Å². The largest absolute Gasteiger partial charge is 2.00 e. The van der Waals surface area contributed by atoms with Gasteiger partial charge in [0.1, 0.15) is 0 Å². The van der Waals surface area contributed by atoms with Gasteiger partial charge < -0.3 is 19.4 Å². The Morgan fingerprint density at radius 2 is 0.613 bits per heavy atom. The van der Waals surface area contributed by atoms with Crippen LogP contribution in [-0.2, 0) is 36.4 Å². The van der Waals surface area contributed by atoms with E-state index in [-0.39, 0.29) is 43.5 Å². The number of hydrogen-bond acceptors (Lipinski definition) is 16. The Bertz CT molecular complexity index is 503. The van der Waals surface area contributed by atoms with Crippen LogP contribution in [0.5, 0.6) is 0 Å². The van der Waals surface area contributed by atoms with E-state index in [2.05, 4.69) is 20.6 Å². The molecule has 19 heteroatoms. The van der Waals surface area contributed by atoms with E-state index in [9.17, 15) is 0 Å². The van der Waals surface area contributed by atoms with Crippen molar-refractivity contribution in [3.63, 3.8) is 0 Å². The summed E-state index contributed by atoms with van der Waals surface area (Å²) in [6, 6.07) is 0. The molecule has 0 aromatic heterocycles. The molecule has 0 aromatic rings. The van der Waals surface area contributed by atoms with Crippen LogP contribution in [0, 0.1) is 20.5 Å². The summed E-state index contributed by atoms with van der Waals surface area (Å²) in [6.45, 7) is 8.09. The SMILES string of the molecule is C/C1=N\OC/C(C)=N/OC/C(C)=N/OC/C(C)=N/OC1.[Cu+2].[O-][Cl+3]([O-])([O-])[O-].[O-][Cl+3]([O-])([O-])[O-]. The zero-order chi connectivity index (χ0) is 23.8. The molecule has 0 unspecified atom stereocenters. The van der Waals surface area contributed by atoms with Crippen molar-refractivity contribution in [2.75, 3.05) is 26.4 Å². The normalized spacial score (nSPS) is 22.8. The van der Waals surface area contributed by atoms with Crippen LogP contribution >= 0.6 is 0 Å². The van der Waals surface area contributed by atoms with E-state index >= 15 is 0 Å². The number of oxime groups is 4. The molecular formula is C12H20Cl2CuN4O12. The number of rotatable bonds is 0. The summed E-state index contributed by atoms with van der Waals surface area (Å²) < 4.78 is 67.9. The molecule has 1 rings (SSSR count). The van der Waals surface area contributed by atoms with Crippen LogP contribution in [0.2, 0.25) is 0 Å². The fourth-order valence-electron chi connectivity index (χ4n) is 1.05. The van der Waals surface area contributed by atoms with E-state index in [4.69, 9.17) is 56.6 Å². The third kappa shape index (κ3) is 39.7. The Hall–Kier alpha value is -1.34. The second-order valence-corrected chi connectivity index (χ2v) is 6.67. The number of hydrogen-bond donors (Lipinski definition) is 0. The van der Waals surface area contributed by atoms with Gasteiger partial charge in [0.15, 0.2) is 26.4 Å². The molecule has 0 saturated carbocycles. The average Bonchev–Trinajstić information content (AvgIpc) is 2.51. The Kier molecular flexibility index (Phi) is 20.2. The predicted molar refractivity (Wildman–Crippen MR) is 76.2 cm³/mol. The van der Waals surface area contributed by atoms with Gasteiger partial charge in [-0.2, -0.15) is 0 Å². The first-order valence-corrected chi connectivity index (χ1v) is 9.90. The fourth-order valence-corrected chi connectivity index (χ4v) is 1.05. The van der Waals surface area contributed by atoms with Gasteiger partial charge in [-0.15, -0.1) is 20.5 Å². The molecule has 0 bridgehead atoms. The van der Waals surface area contributed by atoms with E-state index in [0.29, 0.717) is 22.8 Å². The summed E-state index contributed by atoms with van der Waals surface area (Å²) in [5.74, 6) is 0. The molecular weight excluding hydrogens is 527 g/mol. The maximum absolute atomic E-state index is 8.49. The van der Waals surface area contributed by atoms with Gasteiger partial charge in [-0.1, -0.05) is 20.6 Å². The van der Waals surface area contributed by atoms with Gasteiger partial charge in [0, 0.05) is 0 Å². The molecule has 0 amide bonds. The molecule has 0 spiro atoms. The number of halogens is 2. The van der Waals surface area contributed by atoms with Crippen molar-refractivity contribution in [1.82, 2.24) is 0 Å². The quantitative estimate of drug-likeness (QED) is 0.256. The van der Waals surface area contributed by atoms with Crippen molar-refractivity contribution >= 4 is 22.8 Å². The third-order valence-corrected chi connectivity index (χ3v) is 1.98. The maximum atomic E-state index is 8.49. The van der Waals surface area contributed by atoms with Gasteiger partial charge in [-0.05, 0) is 27.7 Å². The Morgan fingerprint density at radius 3 is 0.742 bits per heavy atom. The molecule has 0 N–H and O–H groups in total. The molecule has 1 aliphatic heterocycles. The van der Waals surface area contributed by atoms with E-state index in [1.165, 1.54) is 0 Å². The van der Waals surface area contributed by atoms with Crippen LogP contribution in [0.1, 0.15) is 27.7 Å². The number of nitrogens with zero attached hydrogens (tertiary/aromatic N) is 4. The Balaban J connectivity index is -0.000000595. The van der Waals surface area contributed by atoms with Gasteiger partial charge in [0.2, 0.25) is 0 Å². The van der Waals surface area contributed by atoms with E-state index < -0.39 is 20.5 Å². The molecule has 0 aromatic carbocycles. The standard InChI is InChI=1S/C12H20N4O4.2ClHO4.Cu/c1-9-5-17-14-11(3)7-19-16-12(4)8-20-15-10(2)6-18-13-9;2*2-1(3,4)5;/h5-8H2,1-4H3;2*(H,2,3,4,5);/q;;;+2/p-2/b13-9+,14-11+,15-10+,16-12+;;;. The van der Waals surface area contributed by atoms with E-state index in [1.54, 1.807) is 27.7 Å². The van der Waals surface area contributed by atoms with Crippen LogP contribution in [0.4, 0.5) is 0 Å². The summed E-state index contributed by atoms with van der Waals surface area (Å²) in [5, 5.41) is 15.5. The van der Waals surface area contributed by atoms with Crippen molar-refractivity contribution in [1.29, 1.82) is 0 Å². The molecule has 1 aliphatic rings. The van der Waals surface area contributed by atoms with Crippen molar-refractivity contribution in [2.45, 2.75) is 27.7 Å². The molecule has 1 heterocycles. The monoisotopic (exact) mass is 545 g/mol. The van der Waals surface area contributed by atoms with Crippen LogP contribution in [0.3, 0.4) is 0 Å². The summed E-state index contributed by atoms with van der Waals surface area (Å²) in [6.07, 6.45) is 0. The maximum Gasteiger partial charge on any atom is 2.00 e. The molecule has 0 atom stereocenters. The van der Waals surface area contributed by atoms with Crippen LogP contribution in [-0.4, -0.2) is 49.3 Å². The Morgan fingerprint density at radius 1 is 0.484 bits per heavy atom. The predicted octanol–water partition coefficient (Wildman–Crippen LogP) is -7.94. The third-order valence-electron chi connectivity index (χ3n) is 1.98. The summed E-state index contributed by atoms with van der Waals surface area (Å²) in [7, 11) is -9.89. The second-order valence-electron chi connectivity index (χ2n) is 5.16. The van der Waals surface area contributed by atoms with Crippen LogP contribution in [0.15, 0.2) is 20.6 Å². The first-order valence-electron chi connectivity index (χ1n) is 7.43. The van der Waals surface area contributed by atoms with Crippen molar-refractivity contribution in [3.8, 4) is 0 Å². The van der Waals surface area contributed by atoms with Crippen LogP contribution < -0.4 is 37.3 Å². The minimum atomic E-state index is -4.94. The second kappa shape index (κ2) is 18.3. The minimum absolute atomic E-state index is 0. The molecule has 0 saturated heterocycles. The van der Waals surface area contributed by atoms with Gasteiger partial charge in [0.25, 0.3) is 0 Å². The summed E-state index contributed by atoms with van der Waals surface area (Å²) >= 11 is 0. The van der Waals surface area contributed by atoms with Gasteiger partial charge in [0.05, 0.1) is 22.8 Å². The molecule has 185 valence electrons. The molecule has 0 fully saturated rings. The molecule has 16 nitrogen and oxygen atoms in total. The zero-order valence-electron chi connectivity index (χ0n) is 16.6. The molecule has 0 aliphatic carbocycles. The topological polar surface area (TPSA) is 271 Å².